The molecule has 19 heavy (non-hydrogen) atoms. The van der Waals surface area contributed by atoms with Gasteiger partial charge < -0.3 is 11.1 Å². The molecule has 0 saturated carbocycles. The van der Waals surface area contributed by atoms with Crippen LogP contribution in [-0.4, -0.2) is 5.91 Å². The smallest absolute Gasteiger partial charge is 0.258 e. The summed E-state index contributed by atoms with van der Waals surface area (Å²) < 4.78 is 39.1. The third-order valence-corrected chi connectivity index (χ3v) is 2.41. The first-order chi connectivity index (χ1) is 8.97. The number of carbonyl (C=O) groups is 1. The van der Waals surface area contributed by atoms with E-state index in [-0.39, 0.29) is 16.9 Å². The Kier molecular flexibility index (Phi) is 3.41. The Hall–Kier alpha value is -2.50. The first-order valence-corrected chi connectivity index (χ1v) is 5.29. The van der Waals surface area contributed by atoms with E-state index in [2.05, 4.69) is 5.32 Å². The van der Waals surface area contributed by atoms with E-state index in [4.69, 9.17) is 5.73 Å². The second kappa shape index (κ2) is 5.01. The van der Waals surface area contributed by atoms with Crippen LogP contribution in [0, 0.1) is 17.5 Å². The van der Waals surface area contributed by atoms with Crippen molar-refractivity contribution in [1.29, 1.82) is 0 Å². The van der Waals surface area contributed by atoms with Gasteiger partial charge in [-0.3, -0.25) is 4.79 Å². The molecule has 0 atom stereocenters. The summed E-state index contributed by atoms with van der Waals surface area (Å²) in [6.07, 6.45) is 0. The molecule has 3 nitrogen and oxygen atoms in total. The fourth-order valence-corrected chi connectivity index (χ4v) is 1.49. The van der Waals surface area contributed by atoms with Crippen LogP contribution in [0.2, 0.25) is 0 Å². The molecule has 0 spiro atoms. The van der Waals surface area contributed by atoms with Gasteiger partial charge in [-0.1, -0.05) is 0 Å². The van der Waals surface area contributed by atoms with Crippen molar-refractivity contribution < 1.29 is 18.0 Å². The van der Waals surface area contributed by atoms with Crippen molar-refractivity contribution in [1.82, 2.24) is 0 Å². The molecular weight excluding hydrogens is 257 g/mol. The van der Waals surface area contributed by atoms with E-state index in [1.807, 2.05) is 0 Å². The zero-order valence-corrected chi connectivity index (χ0v) is 9.58. The molecular formula is C13H9F3N2O. The molecule has 6 heteroatoms. The van der Waals surface area contributed by atoms with E-state index in [0.717, 1.165) is 24.3 Å². The fourth-order valence-electron chi connectivity index (χ4n) is 1.49. The Balaban J connectivity index is 2.25. The number of halogens is 3. The lowest BCUT2D eigenvalue weighted by atomic mass is 10.1. The Morgan fingerprint density at radius 2 is 1.63 bits per heavy atom. The fraction of sp³-hybridized carbons (Fsp3) is 0. The second-order valence-corrected chi connectivity index (χ2v) is 3.82. The van der Waals surface area contributed by atoms with Gasteiger partial charge in [-0.25, -0.2) is 13.2 Å². The van der Waals surface area contributed by atoms with Crippen LogP contribution < -0.4 is 11.1 Å². The number of carbonyl (C=O) groups excluding carboxylic acids is 1. The van der Waals surface area contributed by atoms with Gasteiger partial charge in [-0.15, -0.1) is 0 Å². The highest BCUT2D eigenvalue weighted by molar-refractivity contribution is 6.04. The Labute approximate surface area is 106 Å². The van der Waals surface area contributed by atoms with Crippen molar-refractivity contribution >= 4 is 17.3 Å². The lowest BCUT2D eigenvalue weighted by molar-refractivity contribution is 0.102. The van der Waals surface area contributed by atoms with Crippen LogP contribution >= 0.6 is 0 Å². The predicted octanol–water partition coefficient (Wildman–Crippen LogP) is 2.94. The van der Waals surface area contributed by atoms with Gasteiger partial charge in [-0.05, 0) is 30.3 Å². The van der Waals surface area contributed by atoms with Crippen molar-refractivity contribution in [3.05, 3.63) is 59.4 Å². The molecule has 0 aliphatic rings. The van der Waals surface area contributed by atoms with Gasteiger partial charge in [0.2, 0.25) is 0 Å². The van der Waals surface area contributed by atoms with Crippen LogP contribution in [0.5, 0.6) is 0 Å². The highest BCUT2D eigenvalue weighted by atomic mass is 19.2. The highest BCUT2D eigenvalue weighted by Crippen LogP contribution is 2.17. The maximum atomic E-state index is 13.4. The van der Waals surface area contributed by atoms with Crippen molar-refractivity contribution in [3.63, 3.8) is 0 Å². The molecule has 3 N–H and O–H groups in total. The van der Waals surface area contributed by atoms with Crippen molar-refractivity contribution in [2.45, 2.75) is 0 Å². The lowest BCUT2D eigenvalue weighted by Gasteiger charge is -2.07. The molecule has 0 saturated heterocycles. The van der Waals surface area contributed by atoms with E-state index in [9.17, 15) is 18.0 Å². The van der Waals surface area contributed by atoms with Crippen LogP contribution in [0.1, 0.15) is 10.4 Å². The third-order valence-electron chi connectivity index (χ3n) is 2.41. The minimum absolute atomic E-state index is 0.0192. The molecule has 2 aromatic carbocycles. The van der Waals surface area contributed by atoms with E-state index in [1.54, 1.807) is 0 Å². The molecule has 0 aliphatic heterocycles. The summed E-state index contributed by atoms with van der Waals surface area (Å²) in [6.45, 7) is 0. The minimum atomic E-state index is -1.11. The lowest BCUT2D eigenvalue weighted by Crippen LogP contribution is -2.14. The van der Waals surface area contributed by atoms with Gasteiger partial charge in [0.15, 0.2) is 11.6 Å². The minimum Gasteiger partial charge on any atom is -0.399 e. The number of benzene rings is 2. The summed E-state index contributed by atoms with van der Waals surface area (Å²) in [5.74, 6) is -3.69. The summed E-state index contributed by atoms with van der Waals surface area (Å²) >= 11 is 0. The molecule has 0 aliphatic carbocycles. The topological polar surface area (TPSA) is 55.1 Å². The monoisotopic (exact) mass is 266 g/mol. The van der Waals surface area contributed by atoms with Gasteiger partial charge in [0.25, 0.3) is 5.91 Å². The number of nitrogens with one attached hydrogen (secondary N) is 1. The number of amides is 1. The maximum Gasteiger partial charge on any atom is 0.258 e. The molecule has 1 amide bonds. The summed E-state index contributed by atoms with van der Waals surface area (Å²) in [5.41, 5.74) is 5.41. The first-order valence-electron chi connectivity index (χ1n) is 5.29. The molecule has 2 rings (SSSR count). The molecule has 2 aromatic rings. The van der Waals surface area contributed by atoms with Crippen LogP contribution in [0.4, 0.5) is 24.5 Å². The standard InChI is InChI=1S/C13H9F3N2O/c14-10-3-1-7(17)5-9(10)13(19)18-8-2-4-11(15)12(16)6-8/h1-6H,17H2,(H,18,19). The Morgan fingerprint density at radius 3 is 2.32 bits per heavy atom. The third kappa shape index (κ3) is 2.85. The summed E-state index contributed by atoms with van der Waals surface area (Å²) in [4.78, 5) is 11.8. The van der Waals surface area contributed by atoms with Crippen LogP contribution in [-0.2, 0) is 0 Å². The molecule has 0 aromatic heterocycles. The van der Waals surface area contributed by atoms with E-state index < -0.39 is 23.4 Å². The average Bonchev–Trinajstić information content (AvgIpc) is 2.36. The largest absolute Gasteiger partial charge is 0.399 e. The molecule has 0 radical (unpaired) electrons. The number of nitrogen functional groups attached to an aromatic ring is 1. The molecule has 98 valence electrons. The predicted molar refractivity (Wildman–Crippen MR) is 65.1 cm³/mol. The van der Waals surface area contributed by atoms with Crippen LogP contribution in [0.3, 0.4) is 0 Å². The first kappa shape index (κ1) is 12.9. The number of hydrogen-bond donors (Lipinski definition) is 2. The average molecular weight is 266 g/mol. The van der Waals surface area contributed by atoms with Gasteiger partial charge in [0, 0.05) is 17.4 Å². The summed E-state index contributed by atoms with van der Waals surface area (Å²) in [7, 11) is 0. The highest BCUT2D eigenvalue weighted by Gasteiger charge is 2.13. The van der Waals surface area contributed by atoms with E-state index >= 15 is 0 Å². The van der Waals surface area contributed by atoms with E-state index in [0.29, 0.717) is 0 Å². The quantitative estimate of drug-likeness (QED) is 0.821. The molecule has 0 heterocycles. The van der Waals surface area contributed by atoms with Crippen LogP contribution in [0.25, 0.3) is 0 Å². The van der Waals surface area contributed by atoms with Crippen molar-refractivity contribution in [3.8, 4) is 0 Å². The second-order valence-electron chi connectivity index (χ2n) is 3.82. The SMILES string of the molecule is Nc1ccc(F)c(C(=O)Nc2ccc(F)c(F)c2)c1. The summed E-state index contributed by atoms with van der Waals surface area (Å²) in [6, 6.07) is 6.35. The summed E-state index contributed by atoms with van der Waals surface area (Å²) in [5, 5.41) is 2.25. The number of hydrogen-bond acceptors (Lipinski definition) is 2. The molecule has 0 unspecified atom stereocenters. The zero-order valence-electron chi connectivity index (χ0n) is 9.58. The van der Waals surface area contributed by atoms with Crippen LogP contribution in [0.15, 0.2) is 36.4 Å². The Morgan fingerprint density at radius 1 is 0.947 bits per heavy atom. The zero-order chi connectivity index (χ0) is 14.0. The van der Waals surface area contributed by atoms with Crippen molar-refractivity contribution in [2.24, 2.45) is 0 Å². The maximum absolute atomic E-state index is 13.4. The molecule has 0 bridgehead atoms. The number of anilines is 2. The Bertz CT molecular complexity index is 644. The van der Waals surface area contributed by atoms with Gasteiger partial charge in [0.05, 0.1) is 5.56 Å². The van der Waals surface area contributed by atoms with Crippen molar-refractivity contribution in [2.75, 3.05) is 11.1 Å². The van der Waals surface area contributed by atoms with E-state index in [1.165, 1.54) is 12.1 Å². The van der Waals surface area contributed by atoms with Gasteiger partial charge >= 0.3 is 0 Å². The number of rotatable bonds is 2. The van der Waals surface area contributed by atoms with Gasteiger partial charge in [-0.2, -0.15) is 0 Å². The normalized spacial score (nSPS) is 10.3. The van der Waals surface area contributed by atoms with Gasteiger partial charge in [0.1, 0.15) is 5.82 Å². The number of nitrogens with two attached hydrogens (primary N) is 1. The molecule has 0 fully saturated rings.